The first kappa shape index (κ1) is 34.7. The Kier molecular flexibility index (Phi) is 10.2. The first-order valence-corrected chi connectivity index (χ1v) is 16.2. The van der Waals surface area contributed by atoms with Crippen LogP contribution in [0.1, 0.15) is 11.1 Å². The molecule has 1 aliphatic heterocycles. The van der Waals surface area contributed by atoms with E-state index in [1.54, 1.807) is 6.07 Å². The summed E-state index contributed by atoms with van der Waals surface area (Å²) >= 11 is 0. The van der Waals surface area contributed by atoms with Gasteiger partial charge in [0.05, 0.1) is 61.7 Å². The number of sulfonamides is 2. The van der Waals surface area contributed by atoms with Gasteiger partial charge in [-0.2, -0.15) is 10.5 Å². The fourth-order valence-electron chi connectivity index (χ4n) is 4.23. The van der Waals surface area contributed by atoms with E-state index in [0.29, 0.717) is 0 Å². The van der Waals surface area contributed by atoms with Crippen LogP contribution in [0.5, 0.6) is 5.75 Å². The third-order valence-corrected chi connectivity index (χ3v) is 9.66. The Morgan fingerprint density at radius 1 is 0.875 bits per heavy atom. The zero-order valence-corrected chi connectivity index (χ0v) is 25.8. The van der Waals surface area contributed by atoms with E-state index in [4.69, 9.17) is 15.3 Å². The van der Waals surface area contributed by atoms with Crippen molar-refractivity contribution in [3.63, 3.8) is 0 Å². The van der Waals surface area contributed by atoms with Gasteiger partial charge >= 0.3 is 0 Å². The molecule has 5 rings (SSSR count). The van der Waals surface area contributed by atoms with Crippen LogP contribution >= 0.6 is 0 Å². The van der Waals surface area contributed by atoms with Gasteiger partial charge in [-0.15, -0.1) is 0 Å². The van der Waals surface area contributed by atoms with Crippen molar-refractivity contribution >= 4 is 42.8 Å². The van der Waals surface area contributed by atoms with Crippen LogP contribution < -0.4 is 13.8 Å². The van der Waals surface area contributed by atoms with Crippen LogP contribution in [0.2, 0.25) is 0 Å². The molecule has 48 heavy (non-hydrogen) atoms. The van der Waals surface area contributed by atoms with Gasteiger partial charge in [-0.1, -0.05) is 12.1 Å². The zero-order chi connectivity index (χ0) is 35.2. The molecule has 0 aromatic heterocycles. The van der Waals surface area contributed by atoms with E-state index in [9.17, 15) is 46.6 Å². The van der Waals surface area contributed by atoms with Gasteiger partial charge in [-0.05, 0) is 48.5 Å². The Morgan fingerprint density at radius 2 is 1.44 bits per heavy atom. The first-order valence-electron chi connectivity index (χ1n) is 13.3. The molecule has 0 bridgehead atoms. The lowest BCUT2D eigenvalue weighted by molar-refractivity contribution is -0.385. The quantitative estimate of drug-likeness (QED) is 0.197. The summed E-state index contributed by atoms with van der Waals surface area (Å²) in [6, 6.07) is 20.3. The molecule has 0 saturated carbocycles. The summed E-state index contributed by atoms with van der Waals surface area (Å²) in [5.41, 5.74) is -1.01. The fraction of sp³-hybridized carbons (Fsp3) is 0.103. The summed E-state index contributed by atoms with van der Waals surface area (Å²) in [6.07, 6.45) is -0.821. The zero-order valence-electron chi connectivity index (χ0n) is 24.1. The van der Waals surface area contributed by atoms with Gasteiger partial charge in [0, 0.05) is 24.3 Å². The summed E-state index contributed by atoms with van der Waals surface area (Å²) in [4.78, 5) is 19.9. The van der Waals surface area contributed by atoms with Crippen molar-refractivity contribution in [3.8, 4) is 17.9 Å². The fourth-order valence-corrected chi connectivity index (χ4v) is 6.88. The molecule has 16 nitrogen and oxygen atoms in total. The number of rotatable bonds is 8. The van der Waals surface area contributed by atoms with Crippen LogP contribution in [0, 0.1) is 48.7 Å². The van der Waals surface area contributed by atoms with Crippen molar-refractivity contribution in [1.82, 2.24) is 0 Å². The minimum absolute atomic E-state index is 0.00580. The van der Waals surface area contributed by atoms with Crippen molar-refractivity contribution < 1.29 is 40.9 Å². The Bertz CT molecular complexity index is 2220. The lowest BCUT2D eigenvalue weighted by atomic mass is 10.2. The number of aliphatic hydroxyl groups excluding tert-OH is 1. The number of nitro benzene ring substituents is 2. The Hall–Kier alpha value is -6.15. The second-order valence-electron chi connectivity index (χ2n) is 9.67. The number of nitrogens with zero attached hydrogens (tertiary/aromatic N) is 5. The largest absolute Gasteiger partial charge is 0.484 e. The maximum atomic E-state index is 13.6. The van der Waals surface area contributed by atoms with E-state index in [-0.39, 0.29) is 44.6 Å². The number of anilines is 2. The van der Waals surface area contributed by atoms with Crippen molar-refractivity contribution in [2.75, 3.05) is 22.2 Å². The molecular formula is C29H21FN6O10S2. The van der Waals surface area contributed by atoms with E-state index in [1.165, 1.54) is 54.6 Å². The molecule has 0 saturated heterocycles. The molecule has 0 radical (unpaired) electrons. The minimum atomic E-state index is -4.17. The highest BCUT2D eigenvalue weighted by atomic mass is 32.2. The van der Waals surface area contributed by atoms with Gasteiger partial charge < -0.3 is 9.84 Å². The molecule has 1 heterocycles. The predicted octanol–water partition coefficient (Wildman–Crippen LogP) is 3.82. The lowest BCUT2D eigenvalue weighted by Gasteiger charge is -2.34. The molecular weight excluding hydrogens is 675 g/mol. The average Bonchev–Trinajstić information content (AvgIpc) is 3.08. The average molecular weight is 697 g/mol. The molecule has 19 heteroatoms. The summed E-state index contributed by atoms with van der Waals surface area (Å²) in [5, 5.41) is 48.8. The van der Waals surface area contributed by atoms with E-state index in [1.807, 2.05) is 10.8 Å². The van der Waals surface area contributed by atoms with Crippen molar-refractivity contribution in [2.45, 2.75) is 15.9 Å². The SMILES string of the molecule is N#Cc1cccc(S(=O)(=O)N2C[C@H](CO)Oc3ccc([N+](=O)[O-])cc32)c1.N#Cc1cccc(S(=O)(=O)Nc2cc([N+](=O)[O-])ccc2F)c1. The standard InChI is InChI=1S/C16H13N3O6S.C13H8FN3O4S/c17-8-11-2-1-3-14(6-11)26(23,24)18-9-13(10-20)25-16-5-4-12(19(21)22)7-15(16)18;14-12-5-4-10(17(18)19)7-13(12)16-22(20,21)11-3-1-2-9(6-11)8-15/h1-7,13,20H,9-10H2;1-7,16H/t13-;/m1./s1. The van der Waals surface area contributed by atoms with Crippen LogP contribution in [0.3, 0.4) is 0 Å². The number of nitro groups is 2. The van der Waals surface area contributed by atoms with Gasteiger partial charge in [0.25, 0.3) is 31.4 Å². The number of benzene rings is 4. The molecule has 246 valence electrons. The third kappa shape index (κ3) is 7.62. The van der Waals surface area contributed by atoms with Crippen LogP contribution in [0.4, 0.5) is 27.1 Å². The molecule has 0 unspecified atom stereocenters. The van der Waals surface area contributed by atoms with Gasteiger partial charge in [0.2, 0.25) is 0 Å². The number of ether oxygens (including phenoxy) is 1. The number of halogens is 1. The van der Waals surface area contributed by atoms with Crippen molar-refractivity contribution in [3.05, 3.63) is 122 Å². The van der Waals surface area contributed by atoms with Gasteiger partial charge in [-0.25, -0.2) is 21.2 Å². The first-order chi connectivity index (χ1) is 22.7. The topological polar surface area (TPSA) is 247 Å². The van der Waals surface area contributed by atoms with Crippen LogP contribution in [0.25, 0.3) is 0 Å². The number of hydrogen-bond acceptors (Lipinski definition) is 12. The molecule has 2 N–H and O–H groups in total. The van der Waals surface area contributed by atoms with Gasteiger partial charge in [-0.3, -0.25) is 29.3 Å². The van der Waals surface area contributed by atoms with Crippen LogP contribution in [-0.2, 0) is 20.0 Å². The van der Waals surface area contributed by atoms with E-state index in [2.05, 4.69) is 0 Å². The molecule has 1 aliphatic rings. The van der Waals surface area contributed by atoms with Crippen molar-refractivity contribution in [1.29, 1.82) is 10.5 Å². The van der Waals surface area contributed by atoms with Crippen LogP contribution in [0.15, 0.2) is 94.7 Å². The summed E-state index contributed by atoms with van der Waals surface area (Å²) < 4.78 is 72.4. The number of fused-ring (bicyclic) bond motifs is 1. The number of aliphatic hydroxyl groups is 1. The van der Waals surface area contributed by atoms with Crippen LogP contribution in [-0.4, -0.2) is 51.0 Å². The minimum Gasteiger partial charge on any atom is -0.484 e. The predicted molar refractivity (Wildman–Crippen MR) is 165 cm³/mol. The van der Waals surface area contributed by atoms with Crippen molar-refractivity contribution in [2.24, 2.45) is 0 Å². The Morgan fingerprint density at radius 3 is 2.02 bits per heavy atom. The highest BCUT2D eigenvalue weighted by Crippen LogP contribution is 2.39. The monoisotopic (exact) mass is 696 g/mol. The van der Waals surface area contributed by atoms with Gasteiger partial charge in [0.1, 0.15) is 23.4 Å². The smallest absolute Gasteiger partial charge is 0.271 e. The van der Waals surface area contributed by atoms with E-state index >= 15 is 0 Å². The number of nitriles is 2. The van der Waals surface area contributed by atoms with Gasteiger partial charge in [0.15, 0.2) is 0 Å². The number of nitrogens with one attached hydrogen (secondary N) is 1. The molecule has 4 aromatic rings. The molecule has 0 spiro atoms. The second-order valence-corrected chi connectivity index (χ2v) is 13.2. The lowest BCUT2D eigenvalue weighted by Crippen LogP contribution is -2.45. The molecule has 0 amide bonds. The molecule has 0 aliphatic carbocycles. The highest BCUT2D eigenvalue weighted by Gasteiger charge is 2.35. The maximum absolute atomic E-state index is 13.6. The maximum Gasteiger partial charge on any atom is 0.271 e. The number of hydrogen-bond donors (Lipinski definition) is 2. The Balaban J connectivity index is 0.000000220. The third-order valence-electron chi connectivity index (χ3n) is 6.52. The number of non-ortho nitro benzene ring substituents is 2. The summed E-state index contributed by atoms with van der Waals surface area (Å²) in [7, 11) is -8.30. The molecule has 0 fully saturated rings. The summed E-state index contributed by atoms with van der Waals surface area (Å²) in [5.74, 6) is -0.841. The highest BCUT2D eigenvalue weighted by molar-refractivity contribution is 7.93. The normalized spacial score (nSPS) is 13.8. The summed E-state index contributed by atoms with van der Waals surface area (Å²) in [6.45, 7) is -0.648. The molecule has 1 atom stereocenters. The second kappa shape index (κ2) is 14.1. The van der Waals surface area contributed by atoms with E-state index in [0.717, 1.165) is 34.6 Å². The van der Waals surface area contributed by atoms with E-state index < -0.39 is 59.8 Å². The molecule has 4 aromatic carbocycles. The Labute approximate surface area is 271 Å².